The first-order valence-corrected chi connectivity index (χ1v) is 10.8. The Labute approximate surface area is 178 Å². The van der Waals surface area contributed by atoms with E-state index in [1.807, 2.05) is 31.2 Å². The number of benzene rings is 1. The molecule has 1 N–H and O–H groups in total. The quantitative estimate of drug-likeness (QED) is 0.540. The van der Waals surface area contributed by atoms with E-state index in [0.717, 1.165) is 26.9 Å². The van der Waals surface area contributed by atoms with Crippen molar-refractivity contribution in [1.29, 1.82) is 0 Å². The summed E-state index contributed by atoms with van der Waals surface area (Å²) in [7, 11) is 0. The molecule has 3 aromatic rings. The van der Waals surface area contributed by atoms with Gasteiger partial charge in [0.15, 0.2) is 5.82 Å². The SMILES string of the molecule is C[C@@H](Cc1ccc(-c2ncc(Br)cn2)cc1)NC(=O)c1ccc(C(C)(C)C)s1. The first-order valence-electron chi connectivity index (χ1n) is 9.20. The molecule has 2 aromatic heterocycles. The number of nitrogens with zero attached hydrogens (tertiary/aromatic N) is 2. The highest BCUT2D eigenvalue weighted by Crippen LogP contribution is 2.29. The maximum absolute atomic E-state index is 12.5. The van der Waals surface area contributed by atoms with Crippen molar-refractivity contribution in [3.05, 3.63) is 68.6 Å². The van der Waals surface area contributed by atoms with Crippen LogP contribution < -0.4 is 5.32 Å². The first kappa shape index (κ1) is 20.7. The topological polar surface area (TPSA) is 54.9 Å². The van der Waals surface area contributed by atoms with E-state index in [9.17, 15) is 4.79 Å². The summed E-state index contributed by atoms with van der Waals surface area (Å²) in [6.45, 7) is 8.51. The number of thiophene rings is 1. The van der Waals surface area contributed by atoms with Gasteiger partial charge in [-0.25, -0.2) is 9.97 Å². The number of halogens is 1. The van der Waals surface area contributed by atoms with Crippen LogP contribution in [0, 0.1) is 0 Å². The molecule has 0 saturated carbocycles. The third kappa shape index (κ3) is 5.26. The highest BCUT2D eigenvalue weighted by molar-refractivity contribution is 9.10. The van der Waals surface area contributed by atoms with E-state index in [2.05, 4.69) is 64.1 Å². The highest BCUT2D eigenvalue weighted by atomic mass is 79.9. The Hall–Kier alpha value is -2.05. The summed E-state index contributed by atoms with van der Waals surface area (Å²) >= 11 is 4.91. The molecule has 1 amide bonds. The lowest BCUT2D eigenvalue weighted by Gasteiger charge is -2.16. The third-order valence-electron chi connectivity index (χ3n) is 4.32. The van der Waals surface area contributed by atoms with Crippen LogP contribution in [0.3, 0.4) is 0 Å². The predicted octanol–water partition coefficient (Wildman–Crippen LogP) is 5.63. The van der Waals surface area contributed by atoms with Crippen LogP contribution in [0.4, 0.5) is 0 Å². The third-order valence-corrected chi connectivity index (χ3v) is 6.24. The van der Waals surface area contributed by atoms with Crippen molar-refractivity contribution < 1.29 is 4.79 Å². The molecule has 0 fully saturated rings. The van der Waals surface area contributed by atoms with Gasteiger partial charge in [-0.3, -0.25) is 4.79 Å². The lowest BCUT2D eigenvalue weighted by molar-refractivity contribution is 0.0944. The van der Waals surface area contributed by atoms with E-state index < -0.39 is 0 Å². The molecule has 1 atom stereocenters. The van der Waals surface area contributed by atoms with Crippen LogP contribution in [0.15, 0.2) is 53.3 Å². The van der Waals surface area contributed by atoms with Crippen LogP contribution in [-0.4, -0.2) is 21.9 Å². The van der Waals surface area contributed by atoms with Crippen molar-refractivity contribution in [2.45, 2.75) is 45.6 Å². The van der Waals surface area contributed by atoms with Crippen molar-refractivity contribution >= 4 is 33.2 Å². The summed E-state index contributed by atoms with van der Waals surface area (Å²) in [4.78, 5) is 23.1. The normalized spacial score (nSPS) is 12.6. The van der Waals surface area contributed by atoms with Crippen LogP contribution in [0.1, 0.15) is 47.8 Å². The number of rotatable bonds is 5. The van der Waals surface area contributed by atoms with Gasteiger partial charge in [-0.15, -0.1) is 11.3 Å². The van der Waals surface area contributed by atoms with E-state index >= 15 is 0 Å². The molecular weight excluding hydrogens is 434 g/mol. The van der Waals surface area contributed by atoms with Crippen molar-refractivity contribution in [3.8, 4) is 11.4 Å². The Morgan fingerprint density at radius 2 is 1.75 bits per heavy atom. The average Bonchev–Trinajstić information content (AvgIpc) is 3.14. The van der Waals surface area contributed by atoms with Gasteiger partial charge in [0.2, 0.25) is 0 Å². The Balaban J connectivity index is 1.60. The minimum absolute atomic E-state index is 0.00659. The summed E-state index contributed by atoms with van der Waals surface area (Å²) in [5, 5.41) is 3.10. The predicted molar refractivity (Wildman–Crippen MR) is 119 cm³/mol. The van der Waals surface area contributed by atoms with E-state index in [1.54, 1.807) is 23.7 Å². The molecule has 0 aliphatic heterocycles. The lowest BCUT2D eigenvalue weighted by Crippen LogP contribution is -2.33. The number of hydrogen-bond acceptors (Lipinski definition) is 4. The summed E-state index contributed by atoms with van der Waals surface area (Å²) < 4.78 is 0.859. The molecule has 0 aliphatic carbocycles. The number of amides is 1. The largest absolute Gasteiger partial charge is 0.349 e. The zero-order valence-corrected chi connectivity index (χ0v) is 18.9. The van der Waals surface area contributed by atoms with Gasteiger partial charge in [0.25, 0.3) is 5.91 Å². The van der Waals surface area contributed by atoms with Crippen LogP contribution >= 0.6 is 27.3 Å². The zero-order chi connectivity index (χ0) is 20.3. The number of carbonyl (C=O) groups is 1. The molecule has 2 heterocycles. The second-order valence-electron chi connectivity index (χ2n) is 7.91. The van der Waals surface area contributed by atoms with Crippen LogP contribution in [-0.2, 0) is 11.8 Å². The standard InChI is InChI=1S/C22H24BrN3OS/c1-14(26-21(27)18-9-10-19(28-18)22(2,3)4)11-15-5-7-16(8-6-15)20-24-12-17(23)13-25-20/h5-10,12-14H,11H2,1-4H3,(H,26,27)/t14-/m0/s1. The summed E-state index contributed by atoms with van der Waals surface area (Å²) in [6, 6.07) is 12.2. The minimum Gasteiger partial charge on any atom is -0.349 e. The van der Waals surface area contributed by atoms with E-state index in [-0.39, 0.29) is 17.4 Å². The van der Waals surface area contributed by atoms with Gasteiger partial charge in [0.05, 0.1) is 9.35 Å². The number of carbonyl (C=O) groups excluding carboxylic acids is 1. The Bertz CT molecular complexity index is 943. The summed E-state index contributed by atoms with van der Waals surface area (Å²) in [5.74, 6) is 0.691. The molecule has 0 bridgehead atoms. The van der Waals surface area contributed by atoms with Gasteiger partial charge in [0.1, 0.15) is 0 Å². The fourth-order valence-corrected chi connectivity index (χ4v) is 3.99. The number of aromatic nitrogens is 2. The molecule has 28 heavy (non-hydrogen) atoms. The van der Waals surface area contributed by atoms with E-state index in [4.69, 9.17) is 0 Å². The monoisotopic (exact) mass is 457 g/mol. The second kappa shape index (κ2) is 8.53. The van der Waals surface area contributed by atoms with Crippen molar-refractivity contribution in [1.82, 2.24) is 15.3 Å². The second-order valence-corrected chi connectivity index (χ2v) is 9.91. The molecule has 0 unspecified atom stereocenters. The van der Waals surface area contributed by atoms with Gasteiger partial charge < -0.3 is 5.32 Å². The van der Waals surface area contributed by atoms with Crippen molar-refractivity contribution in [2.75, 3.05) is 0 Å². The first-order chi connectivity index (χ1) is 13.2. The van der Waals surface area contributed by atoms with Gasteiger partial charge >= 0.3 is 0 Å². The molecule has 6 heteroatoms. The Morgan fingerprint density at radius 3 is 2.32 bits per heavy atom. The molecule has 0 spiro atoms. The van der Waals surface area contributed by atoms with Crippen LogP contribution in [0.5, 0.6) is 0 Å². The molecule has 1 aromatic carbocycles. The fraction of sp³-hybridized carbons (Fsp3) is 0.318. The van der Waals surface area contributed by atoms with Crippen LogP contribution in [0.2, 0.25) is 0 Å². The summed E-state index contributed by atoms with van der Waals surface area (Å²) in [5.41, 5.74) is 2.20. The van der Waals surface area contributed by atoms with E-state index in [0.29, 0.717) is 5.82 Å². The maximum Gasteiger partial charge on any atom is 0.261 e. The molecule has 0 radical (unpaired) electrons. The van der Waals surface area contributed by atoms with Gasteiger partial charge in [-0.2, -0.15) is 0 Å². The van der Waals surface area contributed by atoms with Crippen LogP contribution in [0.25, 0.3) is 11.4 Å². The Kier molecular flexibility index (Phi) is 6.30. The smallest absolute Gasteiger partial charge is 0.261 e. The fourth-order valence-electron chi connectivity index (χ4n) is 2.81. The molecule has 146 valence electrons. The van der Waals surface area contributed by atoms with Crippen molar-refractivity contribution in [2.24, 2.45) is 0 Å². The molecule has 4 nitrogen and oxygen atoms in total. The summed E-state index contributed by atoms with van der Waals surface area (Å²) in [6.07, 6.45) is 4.25. The highest BCUT2D eigenvalue weighted by Gasteiger charge is 2.19. The number of hydrogen-bond donors (Lipinski definition) is 1. The lowest BCUT2D eigenvalue weighted by atomic mass is 9.95. The average molecular weight is 458 g/mol. The van der Waals surface area contributed by atoms with Gasteiger partial charge in [-0.1, -0.05) is 45.0 Å². The van der Waals surface area contributed by atoms with E-state index in [1.165, 1.54) is 4.88 Å². The van der Waals surface area contributed by atoms with Gasteiger partial charge in [0, 0.05) is 28.9 Å². The number of nitrogens with one attached hydrogen (secondary N) is 1. The maximum atomic E-state index is 12.5. The minimum atomic E-state index is -0.00659. The molecule has 3 rings (SSSR count). The van der Waals surface area contributed by atoms with Gasteiger partial charge in [-0.05, 0) is 52.4 Å². The molecular formula is C22H24BrN3OS. The van der Waals surface area contributed by atoms with Crippen molar-refractivity contribution in [3.63, 3.8) is 0 Å². The zero-order valence-electron chi connectivity index (χ0n) is 16.5. The molecule has 0 aliphatic rings. The Morgan fingerprint density at radius 1 is 1.11 bits per heavy atom. The molecule has 0 saturated heterocycles.